The number of aromatic nitrogens is 1. The highest BCUT2D eigenvalue weighted by Gasteiger charge is 2.12. The van der Waals surface area contributed by atoms with Gasteiger partial charge in [0.15, 0.2) is 0 Å². The van der Waals surface area contributed by atoms with Crippen molar-refractivity contribution in [3.05, 3.63) is 63.6 Å². The number of hydrogen-bond donors (Lipinski definition) is 2. The number of rotatable bonds is 2. The molecule has 2 aromatic rings. The first-order valence-electron chi connectivity index (χ1n) is 6.29. The molecule has 0 saturated carbocycles. The molecule has 0 bridgehead atoms. The predicted molar refractivity (Wildman–Crippen MR) is 79.7 cm³/mol. The van der Waals surface area contributed by atoms with Gasteiger partial charge in [0.25, 0.3) is 5.56 Å². The van der Waals surface area contributed by atoms with E-state index in [1.165, 1.54) is 0 Å². The molecule has 1 aromatic heterocycles. The van der Waals surface area contributed by atoms with Crippen molar-refractivity contribution in [2.75, 3.05) is 10.7 Å². The van der Waals surface area contributed by atoms with Crippen LogP contribution in [0, 0.1) is 25.2 Å². The molecule has 0 atom stereocenters. The maximum absolute atomic E-state index is 12.1. The SMILES string of the molecule is Cc1cc(C)n(NC(=O)Nc2ccccc2)c(=O)c1C#N. The van der Waals surface area contributed by atoms with Gasteiger partial charge in [0.05, 0.1) is 0 Å². The second-order valence-electron chi connectivity index (χ2n) is 4.53. The van der Waals surface area contributed by atoms with Crippen LogP contribution >= 0.6 is 0 Å². The Morgan fingerprint density at radius 2 is 1.90 bits per heavy atom. The number of urea groups is 1. The number of benzene rings is 1. The minimum atomic E-state index is -0.556. The summed E-state index contributed by atoms with van der Waals surface area (Å²) >= 11 is 0. The molecule has 106 valence electrons. The summed E-state index contributed by atoms with van der Waals surface area (Å²) in [5.41, 5.74) is 3.63. The van der Waals surface area contributed by atoms with E-state index in [-0.39, 0.29) is 5.56 Å². The molecule has 0 aliphatic rings. The van der Waals surface area contributed by atoms with Gasteiger partial charge in [0.2, 0.25) is 0 Å². The minimum absolute atomic E-state index is 0.0145. The number of aryl methyl sites for hydroxylation is 2. The van der Waals surface area contributed by atoms with Crippen LogP contribution in [0.3, 0.4) is 0 Å². The number of carbonyl (C=O) groups excluding carboxylic acids is 1. The minimum Gasteiger partial charge on any atom is -0.307 e. The van der Waals surface area contributed by atoms with E-state index in [1.54, 1.807) is 44.2 Å². The van der Waals surface area contributed by atoms with Crippen LogP contribution in [-0.2, 0) is 0 Å². The van der Waals surface area contributed by atoms with E-state index in [0.717, 1.165) is 4.68 Å². The third-order valence-electron chi connectivity index (χ3n) is 2.95. The Labute approximate surface area is 121 Å². The van der Waals surface area contributed by atoms with Gasteiger partial charge in [0.1, 0.15) is 11.6 Å². The second-order valence-corrected chi connectivity index (χ2v) is 4.53. The average Bonchev–Trinajstić information content (AvgIpc) is 2.45. The van der Waals surface area contributed by atoms with Crippen LogP contribution in [0.1, 0.15) is 16.8 Å². The molecule has 0 fully saturated rings. The Bertz CT molecular complexity index is 773. The fourth-order valence-electron chi connectivity index (χ4n) is 1.95. The Kier molecular flexibility index (Phi) is 4.05. The maximum atomic E-state index is 12.1. The quantitative estimate of drug-likeness (QED) is 0.884. The van der Waals surface area contributed by atoms with Crippen molar-refractivity contribution in [3.8, 4) is 6.07 Å². The van der Waals surface area contributed by atoms with E-state index in [2.05, 4.69) is 10.7 Å². The van der Waals surface area contributed by atoms with Gasteiger partial charge >= 0.3 is 6.03 Å². The zero-order valence-electron chi connectivity index (χ0n) is 11.7. The molecule has 21 heavy (non-hydrogen) atoms. The first-order valence-corrected chi connectivity index (χ1v) is 6.29. The van der Waals surface area contributed by atoms with Crippen LogP contribution in [0.4, 0.5) is 10.5 Å². The summed E-state index contributed by atoms with van der Waals surface area (Å²) in [6, 6.07) is 11.8. The van der Waals surface area contributed by atoms with Gasteiger partial charge < -0.3 is 5.32 Å². The summed E-state index contributed by atoms with van der Waals surface area (Å²) in [5, 5.41) is 11.6. The van der Waals surface area contributed by atoms with Gasteiger partial charge in [-0.1, -0.05) is 18.2 Å². The van der Waals surface area contributed by atoms with E-state index < -0.39 is 11.6 Å². The number of anilines is 1. The second kappa shape index (κ2) is 5.92. The van der Waals surface area contributed by atoms with Gasteiger partial charge in [0, 0.05) is 11.4 Å². The highest BCUT2D eigenvalue weighted by atomic mass is 16.2. The normalized spacial score (nSPS) is 9.76. The number of carbonyl (C=O) groups is 1. The maximum Gasteiger partial charge on any atom is 0.338 e. The van der Waals surface area contributed by atoms with Crippen LogP contribution in [0.2, 0.25) is 0 Å². The van der Waals surface area contributed by atoms with Crippen LogP contribution < -0.4 is 16.3 Å². The molecule has 1 heterocycles. The lowest BCUT2D eigenvalue weighted by atomic mass is 10.1. The zero-order valence-corrected chi connectivity index (χ0v) is 11.7. The lowest BCUT2D eigenvalue weighted by Crippen LogP contribution is -2.38. The van der Waals surface area contributed by atoms with Crippen molar-refractivity contribution in [2.45, 2.75) is 13.8 Å². The highest BCUT2D eigenvalue weighted by Crippen LogP contribution is 2.06. The standard InChI is InChI=1S/C15H14N4O2/c1-10-8-11(2)19(14(20)13(10)9-16)18-15(21)17-12-6-4-3-5-7-12/h3-8H,1-2H3,(H2,17,18,21). The van der Waals surface area contributed by atoms with Crippen LogP contribution in [0.25, 0.3) is 0 Å². The first kappa shape index (κ1) is 14.3. The summed E-state index contributed by atoms with van der Waals surface area (Å²) in [6.07, 6.45) is 0. The van der Waals surface area contributed by atoms with Crippen LogP contribution in [0.15, 0.2) is 41.2 Å². The Morgan fingerprint density at radius 3 is 2.52 bits per heavy atom. The van der Waals surface area contributed by atoms with Crippen molar-refractivity contribution in [2.24, 2.45) is 0 Å². The predicted octanol–water partition coefficient (Wildman–Crippen LogP) is 2.11. The van der Waals surface area contributed by atoms with E-state index in [1.807, 2.05) is 12.1 Å². The molecule has 0 radical (unpaired) electrons. The number of para-hydroxylation sites is 1. The fraction of sp³-hybridized carbons (Fsp3) is 0.133. The average molecular weight is 282 g/mol. The van der Waals surface area contributed by atoms with Crippen molar-refractivity contribution < 1.29 is 4.79 Å². The largest absolute Gasteiger partial charge is 0.338 e. The van der Waals surface area contributed by atoms with E-state index in [4.69, 9.17) is 5.26 Å². The molecule has 0 aliphatic carbocycles. The van der Waals surface area contributed by atoms with E-state index in [9.17, 15) is 9.59 Å². The molecular formula is C15H14N4O2. The number of nitrogens with one attached hydrogen (secondary N) is 2. The third kappa shape index (κ3) is 3.09. The Morgan fingerprint density at radius 1 is 1.24 bits per heavy atom. The van der Waals surface area contributed by atoms with Crippen molar-refractivity contribution >= 4 is 11.7 Å². The molecule has 0 unspecified atom stereocenters. The monoisotopic (exact) mass is 282 g/mol. The topological polar surface area (TPSA) is 86.9 Å². The number of amides is 2. The number of nitrogens with zero attached hydrogens (tertiary/aromatic N) is 2. The van der Waals surface area contributed by atoms with Crippen molar-refractivity contribution in [1.82, 2.24) is 4.68 Å². The molecule has 2 N–H and O–H groups in total. The van der Waals surface area contributed by atoms with Gasteiger partial charge in [-0.25, -0.2) is 14.9 Å². The molecule has 1 aromatic carbocycles. The molecule has 0 saturated heterocycles. The van der Waals surface area contributed by atoms with Crippen LogP contribution in [-0.4, -0.2) is 10.7 Å². The fourth-order valence-corrected chi connectivity index (χ4v) is 1.95. The number of nitriles is 1. The molecule has 0 spiro atoms. The molecule has 2 rings (SSSR count). The Balaban J connectivity index is 2.26. The van der Waals surface area contributed by atoms with Gasteiger partial charge in [-0.15, -0.1) is 0 Å². The molecule has 6 nitrogen and oxygen atoms in total. The lowest BCUT2D eigenvalue weighted by molar-refractivity contribution is 0.259. The Hall–Kier alpha value is -3.07. The summed E-state index contributed by atoms with van der Waals surface area (Å²) in [7, 11) is 0. The summed E-state index contributed by atoms with van der Waals surface area (Å²) in [4.78, 5) is 24.0. The summed E-state index contributed by atoms with van der Waals surface area (Å²) in [5.74, 6) is 0. The lowest BCUT2D eigenvalue weighted by Gasteiger charge is -2.13. The van der Waals surface area contributed by atoms with Crippen molar-refractivity contribution in [1.29, 1.82) is 5.26 Å². The van der Waals surface area contributed by atoms with Crippen molar-refractivity contribution in [3.63, 3.8) is 0 Å². The van der Waals surface area contributed by atoms with E-state index >= 15 is 0 Å². The molecule has 2 amide bonds. The van der Waals surface area contributed by atoms with E-state index in [0.29, 0.717) is 16.9 Å². The first-order chi connectivity index (χ1) is 10.0. The molecule has 6 heteroatoms. The zero-order chi connectivity index (χ0) is 15.4. The summed E-state index contributed by atoms with van der Waals surface area (Å²) < 4.78 is 1.06. The number of pyridine rings is 1. The van der Waals surface area contributed by atoms with Gasteiger partial charge in [-0.2, -0.15) is 5.26 Å². The van der Waals surface area contributed by atoms with Crippen LogP contribution in [0.5, 0.6) is 0 Å². The third-order valence-corrected chi connectivity index (χ3v) is 2.95. The van der Waals surface area contributed by atoms with Gasteiger partial charge in [-0.05, 0) is 37.6 Å². The molecule has 0 aliphatic heterocycles. The highest BCUT2D eigenvalue weighted by molar-refractivity contribution is 5.94. The molecular weight excluding hydrogens is 268 g/mol. The van der Waals surface area contributed by atoms with Gasteiger partial charge in [-0.3, -0.25) is 4.79 Å². The smallest absolute Gasteiger partial charge is 0.307 e. The number of hydrogen-bond acceptors (Lipinski definition) is 3. The summed E-state index contributed by atoms with van der Waals surface area (Å²) in [6.45, 7) is 3.36.